The molecule has 0 N–H and O–H groups in total. The lowest BCUT2D eigenvalue weighted by atomic mass is 9.98. The van der Waals surface area contributed by atoms with Crippen molar-refractivity contribution in [3.8, 4) is 0 Å². The molecule has 0 aromatic heterocycles. The molecule has 0 spiro atoms. The number of unbranched alkanes of at least 4 members (excludes halogenated alkanes) is 5. The Balaban J connectivity index is 2.58. The number of imide groups is 1. The van der Waals surface area contributed by atoms with Gasteiger partial charge in [0.25, 0.3) is 5.91 Å². The van der Waals surface area contributed by atoms with E-state index in [1.54, 1.807) is 6.08 Å². The van der Waals surface area contributed by atoms with Crippen molar-refractivity contribution in [1.29, 1.82) is 0 Å². The van der Waals surface area contributed by atoms with Crippen molar-refractivity contribution < 1.29 is 9.59 Å². The highest BCUT2D eigenvalue weighted by Crippen LogP contribution is 2.27. The molecule has 1 rings (SSSR count). The van der Waals surface area contributed by atoms with Gasteiger partial charge in [-0.25, -0.2) is 0 Å². The molecule has 1 aliphatic rings. The number of rotatable bonds is 10. The summed E-state index contributed by atoms with van der Waals surface area (Å²) in [5.41, 5.74) is 1.05. The van der Waals surface area contributed by atoms with E-state index in [2.05, 4.69) is 13.8 Å². The second-order valence-corrected chi connectivity index (χ2v) is 6.70. The Hall–Kier alpha value is -1.12. The average Bonchev–Trinajstić information content (AvgIpc) is 2.77. The van der Waals surface area contributed by atoms with Gasteiger partial charge in [-0.1, -0.05) is 65.7 Å². The Bertz CT molecular complexity index is 400. The molecule has 1 aliphatic heterocycles. The van der Waals surface area contributed by atoms with Crippen LogP contribution in [-0.2, 0) is 9.59 Å². The molecule has 1 heterocycles. The van der Waals surface area contributed by atoms with Gasteiger partial charge >= 0.3 is 0 Å². The highest BCUT2D eigenvalue weighted by Gasteiger charge is 2.36. The molecule has 2 atom stereocenters. The maximum Gasteiger partial charge on any atom is 0.253 e. The monoisotopic (exact) mass is 307 g/mol. The Labute approximate surface area is 136 Å². The van der Waals surface area contributed by atoms with Gasteiger partial charge < -0.3 is 0 Å². The van der Waals surface area contributed by atoms with Gasteiger partial charge in [-0.2, -0.15) is 0 Å². The lowest BCUT2D eigenvalue weighted by molar-refractivity contribution is -0.145. The lowest BCUT2D eigenvalue weighted by Gasteiger charge is -2.27. The Morgan fingerprint density at radius 2 is 1.77 bits per heavy atom. The van der Waals surface area contributed by atoms with Crippen LogP contribution in [0.25, 0.3) is 0 Å². The highest BCUT2D eigenvalue weighted by atomic mass is 16.2. The predicted molar refractivity (Wildman–Crippen MR) is 91.5 cm³/mol. The number of carbonyl (C=O) groups is 2. The van der Waals surface area contributed by atoms with Crippen LogP contribution in [0.1, 0.15) is 85.5 Å². The summed E-state index contributed by atoms with van der Waals surface area (Å²) in [5.74, 6) is -0.130. The summed E-state index contributed by atoms with van der Waals surface area (Å²) in [4.78, 5) is 26.4. The van der Waals surface area contributed by atoms with E-state index in [0.29, 0.717) is 0 Å². The molecule has 0 saturated heterocycles. The number of carbonyl (C=O) groups excluding carboxylic acids is 2. The standard InChI is InChI=1S/C19H33NO2/c1-5-7-9-11-12-15(3)19(22)20-17(13-10-8-6-2)16(4)14-18(20)21/h14-15,17H,5-13H2,1-4H3/t15-,17+/m1/s1. The van der Waals surface area contributed by atoms with E-state index < -0.39 is 0 Å². The zero-order valence-electron chi connectivity index (χ0n) is 14.9. The molecule has 0 fully saturated rings. The van der Waals surface area contributed by atoms with E-state index >= 15 is 0 Å². The van der Waals surface area contributed by atoms with Gasteiger partial charge in [0.1, 0.15) is 0 Å². The molecule has 3 heteroatoms. The first-order valence-electron chi connectivity index (χ1n) is 9.08. The summed E-state index contributed by atoms with van der Waals surface area (Å²) in [5, 5.41) is 0. The van der Waals surface area contributed by atoms with E-state index in [9.17, 15) is 9.59 Å². The minimum absolute atomic E-state index is 0.00430. The normalized spacial score (nSPS) is 19.5. The van der Waals surface area contributed by atoms with Gasteiger partial charge in [-0.3, -0.25) is 14.5 Å². The molecule has 0 aromatic carbocycles. The molecule has 126 valence electrons. The number of nitrogens with zero attached hydrogens (tertiary/aromatic N) is 1. The fourth-order valence-corrected chi connectivity index (χ4v) is 3.16. The first-order valence-corrected chi connectivity index (χ1v) is 9.08. The van der Waals surface area contributed by atoms with Crippen molar-refractivity contribution in [3.63, 3.8) is 0 Å². The van der Waals surface area contributed by atoms with Crippen LogP contribution in [0.4, 0.5) is 0 Å². The lowest BCUT2D eigenvalue weighted by Crippen LogP contribution is -2.43. The summed E-state index contributed by atoms with van der Waals surface area (Å²) >= 11 is 0. The maximum absolute atomic E-state index is 12.7. The summed E-state index contributed by atoms with van der Waals surface area (Å²) < 4.78 is 0. The maximum atomic E-state index is 12.7. The van der Waals surface area contributed by atoms with Gasteiger partial charge in [-0.15, -0.1) is 0 Å². The van der Waals surface area contributed by atoms with Crippen molar-refractivity contribution in [2.45, 2.75) is 91.5 Å². The van der Waals surface area contributed by atoms with Crippen LogP contribution < -0.4 is 0 Å². The molecule has 22 heavy (non-hydrogen) atoms. The minimum atomic E-state index is -0.107. The Morgan fingerprint density at radius 1 is 1.14 bits per heavy atom. The quantitative estimate of drug-likeness (QED) is 0.541. The van der Waals surface area contributed by atoms with E-state index in [1.807, 2.05) is 13.8 Å². The number of hydrogen-bond acceptors (Lipinski definition) is 2. The molecular formula is C19H33NO2. The first-order chi connectivity index (χ1) is 10.5. The van der Waals surface area contributed by atoms with E-state index in [-0.39, 0.29) is 23.8 Å². The van der Waals surface area contributed by atoms with Crippen LogP contribution >= 0.6 is 0 Å². The third kappa shape index (κ3) is 5.26. The Morgan fingerprint density at radius 3 is 2.41 bits per heavy atom. The largest absolute Gasteiger partial charge is 0.274 e. The van der Waals surface area contributed by atoms with Gasteiger partial charge in [0.15, 0.2) is 0 Å². The Kier molecular flexibility index (Phi) is 8.44. The molecule has 0 unspecified atom stereocenters. The molecule has 2 amide bonds. The van der Waals surface area contributed by atoms with Crippen LogP contribution in [-0.4, -0.2) is 22.8 Å². The fraction of sp³-hybridized carbons (Fsp3) is 0.789. The second kappa shape index (κ2) is 9.81. The van der Waals surface area contributed by atoms with Crippen molar-refractivity contribution >= 4 is 11.8 Å². The predicted octanol–water partition coefficient (Wildman–Crippen LogP) is 4.86. The molecule has 0 saturated carbocycles. The van der Waals surface area contributed by atoms with E-state index in [4.69, 9.17) is 0 Å². The number of hydrogen-bond donors (Lipinski definition) is 0. The zero-order chi connectivity index (χ0) is 16.5. The van der Waals surface area contributed by atoms with E-state index in [0.717, 1.165) is 44.1 Å². The topological polar surface area (TPSA) is 37.4 Å². The zero-order valence-corrected chi connectivity index (χ0v) is 14.9. The molecule has 3 nitrogen and oxygen atoms in total. The third-order valence-electron chi connectivity index (χ3n) is 4.66. The van der Waals surface area contributed by atoms with Gasteiger partial charge in [-0.05, 0) is 25.3 Å². The van der Waals surface area contributed by atoms with Crippen LogP contribution in [0.2, 0.25) is 0 Å². The van der Waals surface area contributed by atoms with Crippen molar-refractivity contribution in [2.75, 3.05) is 0 Å². The highest BCUT2D eigenvalue weighted by molar-refractivity contribution is 6.04. The summed E-state index contributed by atoms with van der Waals surface area (Å²) in [6.45, 7) is 8.31. The molecule has 0 aromatic rings. The van der Waals surface area contributed by atoms with Crippen LogP contribution in [0.5, 0.6) is 0 Å². The number of amides is 2. The van der Waals surface area contributed by atoms with Crippen LogP contribution in [0.15, 0.2) is 11.6 Å². The second-order valence-electron chi connectivity index (χ2n) is 6.70. The molecule has 0 aliphatic carbocycles. The minimum Gasteiger partial charge on any atom is -0.274 e. The van der Waals surface area contributed by atoms with Crippen molar-refractivity contribution in [1.82, 2.24) is 4.90 Å². The van der Waals surface area contributed by atoms with Crippen LogP contribution in [0.3, 0.4) is 0 Å². The SMILES string of the molecule is CCCCCC[C@@H](C)C(=O)N1C(=O)C=C(C)[C@@H]1CCCCC. The molecule has 0 bridgehead atoms. The van der Waals surface area contributed by atoms with Crippen molar-refractivity contribution in [3.05, 3.63) is 11.6 Å². The molecule has 0 radical (unpaired) electrons. The van der Waals surface area contributed by atoms with E-state index in [1.165, 1.54) is 24.2 Å². The van der Waals surface area contributed by atoms with Gasteiger partial charge in [0, 0.05) is 12.0 Å². The average molecular weight is 307 g/mol. The van der Waals surface area contributed by atoms with Gasteiger partial charge in [0.2, 0.25) is 5.91 Å². The van der Waals surface area contributed by atoms with Crippen molar-refractivity contribution in [2.24, 2.45) is 5.92 Å². The summed E-state index contributed by atoms with van der Waals surface area (Å²) in [7, 11) is 0. The summed E-state index contributed by atoms with van der Waals surface area (Å²) in [6, 6.07) is 0.00430. The summed E-state index contributed by atoms with van der Waals surface area (Å²) in [6.07, 6.45) is 11.5. The molecular weight excluding hydrogens is 274 g/mol. The smallest absolute Gasteiger partial charge is 0.253 e. The van der Waals surface area contributed by atoms with Crippen LogP contribution in [0, 0.1) is 5.92 Å². The fourth-order valence-electron chi connectivity index (χ4n) is 3.16. The van der Waals surface area contributed by atoms with Gasteiger partial charge in [0.05, 0.1) is 6.04 Å². The third-order valence-corrected chi connectivity index (χ3v) is 4.66. The first kappa shape index (κ1) is 18.9.